The molecule has 12 nitrogen and oxygen atoms in total. The normalized spacial score (nSPS) is 11.3. The first-order valence-corrected chi connectivity index (χ1v) is 12.1. The number of rotatable bonds is 16. The molecule has 3 aromatic rings. The molecule has 0 unspecified atom stereocenters. The van der Waals surface area contributed by atoms with E-state index in [9.17, 15) is 9.59 Å². The molecule has 1 aromatic carbocycles. The highest BCUT2D eigenvalue weighted by atomic mass is 16.5. The molecule has 36 heavy (non-hydrogen) atoms. The first-order valence-electron chi connectivity index (χ1n) is 12.1. The van der Waals surface area contributed by atoms with Crippen molar-refractivity contribution in [2.45, 2.75) is 26.5 Å². The number of amides is 2. The van der Waals surface area contributed by atoms with E-state index >= 15 is 0 Å². The molecule has 3 rings (SSSR count). The van der Waals surface area contributed by atoms with Crippen LogP contribution in [0.3, 0.4) is 0 Å². The number of nitrogen functional groups attached to an aromatic ring is 1. The molecule has 7 N–H and O–H groups in total. The van der Waals surface area contributed by atoms with Crippen molar-refractivity contribution in [3.05, 3.63) is 30.1 Å². The van der Waals surface area contributed by atoms with Crippen molar-refractivity contribution in [2.24, 2.45) is 0 Å². The maximum absolute atomic E-state index is 12.1. The number of hydrogen-bond donors (Lipinski definition) is 4. The fourth-order valence-electron chi connectivity index (χ4n) is 3.72. The third-order valence-electron chi connectivity index (χ3n) is 5.33. The number of aryl methyl sites for hydroxylation is 1. The number of carbonyl (C=O) groups excluding carboxylic acids is 2. The molecule has 0 atom stereocenters. The van der Waals surface area contributed by atoms with Crippen LogP contribution in [-0.4, -0.2) is 79.0 Å². The third-order valence-corrected chi connectivity index (χ3v) is 5.33. The van der Waals surface area contributed by atoms with Gasteiger partial charge in [0.15, 0.2) is 5.82 Å². The van der Waals surface area contributed by atoms with Crippen molar-refractivity contribution in [1.29, 1.82) is 0 Å². The lowest BCUT2D eigenvalue weighted by Gasteiger charge is -2.12. The predicted octanol–water partition coefficient (Wildman–Crippen LogP) is -0.399. The Balaban J connectivity index is 1.50. The quantitative estimate of drug-likeness (QED) is 0.192. The average molecular weight is 503 g/mol. The van der Waals surface area contributed by atoms with Gasteiger partial charge in [-0.15, -0.1) is 0 Å². The number of nitrogens with zero attached hydrogens (tertiary/aromatic N) is 3. The Morgan fingerprint density at radius 2 is 1.78 bits per heavy atom. The molecule has 0 fully saturated rings. The number of anilines is 1. The highest BCUT2D eigenvalue weighted by Crippen LogP contribution is 2.29. The van der Waals surface area contributed by atoms with E-state index in [2.05, 4.69) is 25.9 Å². The van der Waals surface area contributed by atoms with E-state index in [1.807, 2.05) is 31.2 Å². The molecule has 2 heterocycles. The highest BCUT2D eigenvalue weighted by molar-refractivity contribution is 6.06. The molecule has 12 heteroatoms. The summed E-state index contributed by atoms with van der Waals surface area (Å²) in [7, 11) is 0. The number of hydrogen-bond acceptors (Lipinski definition) is 8. The van der Waals surface area contributed by atoms with E-state index in [0.29, 0.717) is 70.4 Å². The first-order chi connectivity index (χ1) is 17.5. The van der Waals surface area contributed by atoms with Gasteiger partial charge in [0, 0.05) is 31.6 Å². The van der Waals surface area contributed by atoms with Crippen molar-refractivity contribution >= 4 is 39.6 Å². The average Bonchev–Trinajstić information content (AvgIpc) is 3.24. The van der Waals surface area contributed by atoms with Crippen LogP contribution in [0.5, 0.6) is 0 Å². The molecule has 196 valence electrons. The summed E-state index contributed by atoms with van der Waals surface area (Å²) >= 11 is 0. The zero-order chi connectivity index (χ0) is 25.8. The molecule has 0 aliphatic rings. The van der Waals surface area contributed by atoms with Crippen LogP contribution in [0.25, 0.3) is 21.9 Å². The van der Waals surface area contributed by atoms with Crippen LogP contribution >= 0.6 is 0 Å². The van der Waals surface area contributed by atoms with Gasteiger partial charge in [-0.05, 0) is 19.4 Å². The van der Waals surface area contributed by atoms with Crippen molar-refractivity contribution in [3.63, 3.8) is 0 Å². The van der Waals surface area contributed by atoms with Crippen molar-refractivity contribution in [3.8, 4) is 0 Å². The highest BCUT2D eigenvalue weighted by Gasteiger charge is 2.17. The maximum atomic E-state index is 12.1. The van der Waals surface area contributed by atoms with Crippen LogP contribution in [0.2, 0.25) is 0 Å². The minimum atomic E-state index is -0.296. The second-order valence-electron chi connectivity index (χ2n) is 8.04. The monoisotopic (exact) mass is 502 g/mol. The SMILES string of the molecule is CCOCc1nc2c(N)nc3ccccc3c2n1CCCNC(=O)COCC(=O)NCCOCC[NH3+]. The van der Waals surface area contributed by atoms with E-state index < -0.39 is 0 Å². The molecule has 0 saturated heterocycles. The molecule has 0 spiro atoms. The molecule has 0 saturated carbocycles. The number of fused-ring (bicyclic) bond motifs is 3. The van der Waals surface area contributed by atoms with Crippen LogP contribution in [0.1, 0.15) is 19.2 Å². The van der Waals surface area contributed by atoms with Gasteiger partial charge in [0.25, 0.3) is 0 Å². The van der Waals surface area contributed by atoms with Crippen LogP contribution in [0.4, 0.5) is 5.82 Å². The summed E-state index contributed by atoms with van der Waals surface area (Å²) in [6.45, 7) is 5.55. The number of imidazole rings is 1. The lowest BCUT2D eigenvalue weighted by atomic mass is 10.2. The number of carbonyl (C=O) groups is 2. The van der Waals surface area contributed by atoms with Gasteiger partial charge in [-0.2, -0.15) is 0 Å². The van der Waals surface area contributed by atoms with Gasteiger partial charge in [0.05, 0.1) is 30.8 Å². The first kappa shape index (κ1) is 27.3. The summed E-state index contributed by atoms with van der Waals surface area (Å²) in [5.74, 6) is 0.552. The van der Waals surface area contributed by atoms with E-state index in [4.69, 9.17) is 24.9 Å². The minimum absolute atomic E-state index is 0.187. The van der Waals surface area contributed by atoms with E-state index in [1.54, 1.807) is 0 Å². The van der Waals surface area contributed by atoms with E-state index in [0.717, 1.165) is 22.2 Å². The van der Waals surface area contributed by atoms with Crippen LogP contribution in [-0.2, 0) is 37.0 Å². The Hall–Kier alpha value is -3.32. The summed E-state index contributed by atoms with van der Waals surface area (Å²) in [6, 6.07) is 7.79. The summed E-state index contributed by atoms with van der Waals surface area (Å²) in [5, 5.41) is 6.44. The van der Waals surface area contributed by atoms with Gasteiger partial charge in [-0.3, -0.25) is 9.59 Å². The fourth-order valence-corrected chi connectivity index (χ4v) is 3.72. The van der Waals surface area contributed by atoms with Gasteiger partial charge in [-0.25, -0.2) is 9.97 Å². The lowest BCUT2D eigenvalue weighted by molar-refractivity contribution is -0.374. The Morgan fingerprint density at radius 3 is 2.53 bits per heavy atom. The number of aromatic nitrogens is 3. The molecule has 0 radical (unpaired) electrons. The Bertz CT molecular complexity index is 1150. The minimum Gasteiger partial charge on any atom is -0.382 e. The van der Waals surface area contributed by atoms with Crippen molar-refractivity contribution in [2.75, 3.05) is 58.4 Å². The molecule has 0 aliphatic carbocycles. The molecule has 2 amide bonds. The Kier molecular flexibility index (Phi) is 10.8. The largest absolute Gasteiger partial charge is 0.382 e. The summed E-state index contributed by atoms with van der Waals surface area (Å²) in [5.41, 5.74) is 12.2. The predicted molar refractivity (Wildman–Crippen MR) is 135 cm³/mol. The third kappa shape index (κ3) is 7.59. The molecule has 0 bridgehead atoms. The van der Waals surface area contributed by atoms with E-state index in [1.165, 1.54) is 0 Å². The molecule has 0 aliphatic heterocycles. The molecular formula is C24H36N7O5+. The number of nitrogens with one attached hydrogen (secondary N) is 2. The smallest absolute Gasteiger partial charge is 0.246 e. The number of nitrogens with two attached hydrogens (primary N) is 1. The maximum Gasteiger partial charge on any atom is 0.246 e. The molecular weight excluding hydrogens is 466 g/mol. The number of para-hydroxylation sites is 1. The second-order valence-corrected chi connectivity index (χ2v) is 8.04. The van der Waals surface area contributed by atoms with Crippen LogP contribution in [0.15, 0.2) is 24.3 Å². The number of ether oxygens (including phenoxy) is 3. The Labute approximate surface area is 209 Å². The molecule has 2 aromatic heterocycles. The number of quaternary nitrogens is 1. The topological polar surface area (TPSA) is 170 Å². The Morgan fingerprint density at radius 1 is 1.03 bits per heavy atom. The fraction of sp³-hybridized carbons (Fsp3) is 0.500. The van der Waals surface area contributed by atoms with Crippen molar-refractivity contribution in [1.82, 2.24) is 25.2 Å². The van der Waals surface area contributed by atoms with Gasteiger partial charge in [0.2, 0.25) is 11.8 Å². The second kappa shape index (κ2) is 14.3. The van der Waals surface area contributed by atoms with Gasteiger partial charge < -0.3 is 40.9 Å². The summed E-state index contributed by atoms with van der Waals surface area (Å²) in [4.78, 5) is 33.0. The number of pyridine rings is 1. The zero-order valence-corrected chi connectivity index (χ0v) is 20.8. The van der Waals surface area contributed by atoms with Gasteiger partial charge in [0.1, 0.15) is 31.2 Å². The van der Waals surface area contributed by atoms with Crippen LogP contribution < -0.4 is 22.1 Å². The van der Waals surface area contributed by atoms with Crippen LogP contribution in [0, 0.1) is 0 Å². The summed E-state index contributed by atoms with van der Waals surface area (Å²) < 4.78 is 18.1. The van der Waals surface area contributed by atoms with E-state index in [-0.39, 0.29) is 25.0 Å². The zero-order valence-electron chi connectivity index (χ0n) is 20.8. The van der Waals surface area contributed by atoms with Gasteiger partial charge in [-0.1, -0.05) is 18.2 Å². The summed E-state index contributed by atoms with van der Waals surface area (Å²) in [6.07, 6.45) is 0.653. The van der Waals surface area contributed by atoms with Crippen molar-refractivity contribution < 1.29 is 29.5 Å². The number of benzene rings is 1. The standard InChI is InChI=1S/C24H35N7O5/c1-2-34-14-19-30-22-23(17-6-3-4-7-18(17)29-24(22)26)31(19)11-5-9-27-20(32)15-36-16-21(33)28-10-13-35-12-8-25/h3-4,6-7H,2,5,8-16,25H2,1H3,(H2,26,29)(H,27,32)(H,28,33)/p+1. The lowest BCUT2D eigenvalue weighted by Crippen LogP contribution is -2.52. The van der Waals surface area contributed by atoms with Gasteiger partial charge >= 0.3 is 0 Å².